The maximum Gasteiger partial charge on any atom is 0.0931 e. The molecule has 1 aromatic heterocycles. The van der Waals surface area contributed by atoms with Gasteiger partial charge in [-0.2, -0.15) is 0 Å². The van der Waals surface area contributed by atoms with Crippen molar-refractivity contribution in [3.8, 4) is 0 Å². The molecule has 1 aromatic rings. The van der Waals surface area contributed by atoms with Crippen LogP contribution >= 0.6 is 35.2 Å². The minimum atomic E-state index is 0.268. The zero-order valence-electron chi connectivity index (χ0n) is 8.99. The van der Waals surface area contributed by atoms with Gasteiger partial charge in [0.2, 0.25) is 0 Å². The molecule has 0 saturated carbocycles. The van der Waals surface area contributed by atoms with Crippen molar-refractivity contribution in [2.24, 2.45) is 5.73 Å². The molecule has 1 atom stereocenters. The highest BCUT2D eigenvalue weighted by molar-refractivity contribution is 7.80. The van der Waals surface area contributed by atoms with E-state index in [2.05, 4.69) is 11.0 Å². The van der Waals surface area contributed by atoms with Gasteiger partial charge in [-0.1, -0.05) is 30.2 Å². The molecule has 1 saturated heterocycles. The first-order valence-corrected chi connectivity index (χ1v) is 7.04. The van der Waals surface area contributed by atoms with Crippen LogP contribution in [-0.4, -0.2) is 22.5 Å². The maximum atomic E-state index is 5.93. The number of hydrogen-bond donors (Lipinski definition) is 1. The number of thiophene rings is 1. The molecule has 16 heavy (non-hydrogen) atoms. The highest BCUT2D eigenvalue weighted by atomic mass is 35.5. The zero-order valence-corrected chi connectivity index (χ0v) is 11.4. The summed E-state index contributed by atoms with van der Waals surface area (Å²) in [4.78, 5) is 4.28. The Bertz CT molecular complexity index is 378. The third-order valence-corrected chi connectivity index (χ3v) is 4.42. The Labute approximate surface area is 110 Å². The lowest BCUT2D eigenvalue weighted by molar-refractivity contribution is 0.186. The van der Waals surface area contributed by atoms with Crippen LogP contribution in [0.15, 0.2) is 12.1 Å². The lowest BCUT2D eigenvalue weighted by Gasteiger charge is -2.34. The molecule has 0 amide bonds. The van der Waals surface area contributed by atoms with Crippen molar-refractivity contribution in [1.29, 1.82) is 0 Å². The molecule has 1 aliphatic rings. The van der Waals surface area contributed by atoms with Gasteiger partial charge < -0.3 is 5.73 Å². The third-order valence-electron chi connectivity index (χ3n) is 2.93. The topological polar surface area (TPSA) is 29.3 Å². The lowest BCUT2D eigenvalue weighted by Crippen LogP contribution is -2.46. The summed E-state index contributed by atoms with van der Waals surface area (Å²) in [7, 11) is 0. The Morgan fingerprint density at radius 2 is 2.38 bits per heavy atom. The number of thiocarbonyl (C=S) groups is 1. The quantitative estimate of drug-likeness (QED) is 0.859. The minimum absolute atomic E-state index is 0.268. The van der Waals surface area contributed by atoms with Gasteiger partial charge in [0, 0.05) is 11.4 Å². The van der Waals surface area contributed by atoms with Crippen LogP contribution in [0.2, 0.25) is 4.34 Å². The van der Waals surface area contributed by atoms with Crippen LogP contribution in [0.3, 0.4) is 0 Å². The SMILES string of the molecule is NC(=S)C1CCCCN1Cc1ccc(Cl)s1. The molecule has 5 heteroatoms. The van der Waals surface area contributed by atoms with Gasteiger partial charge >= 0.3 is 0 Å². The van der Waals surface area contributed by atoms with Crippen LogP contribution in [0.5, 0.6) is 0 Å². The highest BCUT2D eigenvalue weighted by Gasteiger charge is 2.24. The number of hydrogen-bond acceptors (Lipinski definition) is 3. The Kier molecular flexibility index (Phi) is 4.19. The molecular formula is C11H15ClN2S2. The average Bonchev–Trinajstić information content (AvgIpc) is 2.64. The predicted molar refractivity (Wildman–Crippen MR) is 74.2 cm³/mol. The molecule has 1 aliphatic heterocycles. The first kappa shape index (κ1) is 12.3. The van der Waals surface area contributed by atoms with Gasteiger partial charge in [0.15, 0.2) is 0 Å². The maximum absolute atomic E-state index is 5.93. The van der Waals surface area contributed by atoms with Crippen LogP contribution in [0.4, 0.5) is 0 Å². The second-order valence-corrected chi connectivity index (χ2v) is 6.36. The molecule has 0 radical (unpaired) electrons. The van der Waals surface area contributed by atoms with Crippen molar-refractivity contribution in [1.82, 2.24) is 4.90 Å². The molecular weight excluding hydrogens is 260 g/mol. The molecule has 0 aliphatic carbocycles. The summed E-state index contributed by atoms with van der Waals surface area (Å²) >= 11 is 12.7. The van der Waals surface area contributed by atoms with Crippen molar-refractivity contribution < 1.29 is 0 Å². The van der Waals surface area contributed by atoms with Crippen molar-refractivity contribution in [2.45, 2.75) is 31.8 Å². The van der Waals surface area contributed by atoms with E-state index < -0.39 is 0 Å². The summed E-state index contributed by atoms with van der Waals surface area (Å²) in [5.74, 6) is 0. The van der Waals surface area contributed by atoms with Gasteiger partial charge in [-0.05, 0) is 31.5 Å². The first-order valence-electron chi connectivity index (χ1n) is 5.44. The van der Waals surface area contributed by atoms with Gasteiger partial charge in [-0.3, -0.25) is 4.90 Å². The normalized spacial score (nSPS) is 22.2. The Morgan fingerprint density at radius 3 is 3.00 bits per heavy atom. The standard InChI is InChI=1S/C11H15ClN2S2/c12-10-5-4-8(16-10)7-14-6-2-1-3-9(14)11(13)15/h4-5,9H,1-3,6-7H2,(H2,13,15). The van der Waals surface area contributed by atoms with E-state index in [1.807, 2.05) is 6.07 Å². The predicted octanol–water partition coefficient (Wildman–Crippen LogP) is 3.04. The molecule has 1 unspecified atom stereocenters. The van der Waals surface area contributed by atoms with E-state index in [0.717, 1.165) is 23.8 Å². The molecule has 0 bridgehead atoms. The lowest BCUT2D eigenvalue weighted by atomic mass is 10.0. The van der Waals surface area contributed by atoms with E-state index in [0.29, 0.717) is 4.99 Å². The summed E-state index contributed by atoms with van der Waals surface area (Å²) in [5, 5.41) is 0. The average molecular weight is 275 g/mol. The summed E-state index contributed by atoms with van der Waals surface area (Å²) in [6.45, 7) is 2.00. The fourth-order valence-electron chi connectivity index (χ4n) is 2.14. The summed E-state index contributed by atoms with van der Waals surface area (Å²) in [5.41, 5.74) is 5.78. The molecule has 2 heterocycles. The van der Waals surface area contributed by atoms with E-state index >= 15 is 0 Å². The van der Waals surface area contributed by atoms with Crippen molar-refractivity contribution in [3.05, 3.63) is 21.3 Å². The second-order valence-electron chi connectivity index (χ2n) is 4.09. The number of halogens is 1. The van der Waals surface area contributed by atoms with Crippen LogP contribution in [-0.2, 0) is 6.54 Å². The van der Waals surface area contributed by atoms with Crippen molar-refractivity contribution >= 4 is 40.1 Å². The molecule has 2 N–H and O–H groups in total. The van der Waals surface area contributed by atoms with Crippen molar-refractivity contribution in [3.63, 3.8) is 0 Å². The monoisotopic (exact) mass is 274 g/mol. The van der Waals surface area contributed by atoms with Gasteiger partial charge in [0.25, 0.3) is 0 Å². The summed E-state index contributed by atoms with van der Waals surface area (Å²) in [6.07, 6.45) is 3.55. The molecule has 0 spiro atoms. The molecule has 2 nitrogen and oxygen atoms in total. The summed E-state index contributed by atoms with van der Waals surface area (Å²) in [6, 6.07) is 4.30. The first-order chi connectivity index (χ1) is 7.66. The van der Waals surface area contributed by atoms with Gasteiger partial charge in [0.05, 0.1) is 15.4 Å². The van der Waals surface area contributed by atoms with E-state index in [4.69, 9.17) is 29.6 Å². The molecule has 0 aromatic carbocycles. The Morgan fingerprint density at radius 1 is 1.56 bits per heavy atom. The number of nitrogens with zero attached hydrogens (tertiary/aromatic N) is 1. The zero-order chi connectivity index (χ0) is 11.5. The molecule has 2 rings (SSSR count). The van der Waals surface area contributed by atoms with E-state index in [1.54, 1.807) is 11.3 Å². The van der Waals surface area contributed by atoms with Crippen LogP contribution < -0.4 is 5.73 Å². The van der Waals surface area contributed by atoms with Gasteiger partial charge in [0.1, 0.15) is 0 Å². The number of likely N-dealkylation sites (tertiary alicyclic amines) is 1. The number of rotatable bonds is 3. The highest BCUT2D eigenvalue weighted by Crippen LogP contribution is 2.26. The van der Waals surface area contributed by atoms with E-state index in [1.165, 1.54) is 17.7 Å². The fourth-order valence-corrected chi connectivity index (χ4v) is 3.52. The second kappa shape index (κ2) is 5.45. The third kappa shape index (κ3) is 2.94. The smallest absolute Gasteiger partial charge is 0.0931 e. The van der Waals surface area contributed by atoms with E-state index in [9.17, 15) is 0 Å². The van der Waals surface area contributed by atoms with Gasteiger partial charge in [-0.15, -0.1) is 11.3 Å². The summed E-state index contributed by atoms with van der Waals surface area (Å²) < 4.78 is 0.846. The number of piperidine rings is 1. The molecule has 88 valence electrons. The Balaban J connectivity index is 2.03. The van der Waals surface area contributed by atoms with Crippen molar-refractivity contribution in [2.75, 3.05) is 6.54 Å². The Hall–Kier alpha value is -0.160. The van der Waals surface area contributed by atoms with E-state index in [-0.39, 0.29) is 6.04 Å². The van der Waals surface area contributed by atoms with Crippen LogP contribution in [0.1, 0.15) is 24.1 Å². The van der Waals surface area contributed by atoms with Gasteiger partial charge in [-0.25, -0.2) is 0 Å². The van der Waals surface area contributed by atoms with Crippen LogP contribution in [0.25, 0.3) is 0 Å². The number of nitrogens with two attached hydrogens (primary N) is 1. The van der Waals surface area contributed by atoms with Crippen LogP contribution in [0, 0.1) is 0 Å². The fraction of sp³-hybridized carbons (Fsp3) is 0.545. The minimum Gasteiger partial charge on any atom is -0.392 e. The molecule has 1 fully saturated rings. The largest absolute Gasteiger partial charge is 0.392 e.